The molecule has 0 aromatic heterocycles. The van der Waals surface area contributed by atoms with Gasteiger partial charge in [0.25, 0.3) is 0 Å². The van der Waals surface area contributed by atoms with E-state index in [9.17, 15) is 9.59 Å². The van der Waals surface area contributed by atoms with Gasteiger partial charge in [-0.05, 0) is 48.6 Å². The lowest BCUT2D eigenvalue weighted by Gasteiger charge is -2.31. The minimum absolute atomic E-state index is 0.0175. The third kappa shape index (κ3) is 7.84. The van der Waals surface area contributed by atoms with Crippen LogP contribution in [0.2, 0.25) is 0 Å². The van der Waals surface area contributed by atoms with Crippen molar-refractivity contribution >= 4 is 27.7 Å². The van der Waals surface area contributed by atoms with Crippen LogP contribution in [0.1, 0.15) is 42.0 Å². The van der Waals surface area contributed by atoms with Crippen LogP contribution in [0.25, 0.3) is 0 Å². The lowest BCUT2D eigenvalue weighted by molar-refractivity contribution is -0.141. The molecule has 34 heavy (non-hydrogen) atoms. The molecule has 3 aromatic carbocycles. The van der Waals surface area contributed by atoms with Crippen LogP contribution in [-0.4, -0.2) is 29.3 Å². The van der Waals surface area contributed by atoms with Crippen LogP contribution >= 0.6 is 15.9 Å². The van der Waals surface area contributed by atoms with E-state index >= 15 is 0 Å². The van der Waals surface area contributed by atoms with Gasteiger partial charge in [-0.25, -0.2) is 0 Å². The minimum atomic E-state index is -0.580. The smallest absolute Gasteiger partial charge is 0.243 e. The number of halogens is 1. The molecule has 2 amide bonds. The van der Waals surface area contributed by atoms with Crippen molar-refractivity contribution < 1.29 is 9.59 Å². The Kier molecular flexibility index (Phi) is 9.89. The van der Waals surface area contributed by atoms with Gasteiger partial charge < -0.3 is 10.2 Å². The van der Waals surface area contributed by atoms with E-state index in [-0.39, 0.29) is 11.8 Å². The van der Waals surface area contributed by atoms with Crippen molar-refractivity contribution in [3.05, 3.63) is 106 Å². The molecule has 0 aliphatic heterocycles. The summed E-state index contributed by atoms with van der Waals surface area (Å²) >= 11 is 3.48. The monoisotopic (exact) mass is 520 g/mol. The maximum Gasteiger partial charge on any atom is 0.243 e. The van der Waals surface area contributed by atoms with E-state index in [2.05, 4.69) is 52.4 Å². The zero-order chi connectivity index (χ0) is 24.3. The summed E-state index contributed by atoms with van der Waals surface area (Å²) in [5.41, 5.74) is 4.35. The zero-order valence-corrected chi connectivity index (χ0v) is 21.6. The molecule has 0 heterocycles. The van der Waals surface area contributed by atoms with Gasteiger partial charge in [-0.15, -0.1) is 0 Å². The summed E-state index contributed by atoms with van der Waals surface area (Å²) in [4.78, 5) is 28.7. The molecule has 0 saturated heterocycles. The van der Waals surface area contributed by atoms with Gasteiger partial charge >= 0.3 is 0 Å². The van der Waals surface area contributed by atoms with Gasteiger partial charge in [0.15, 0.2) is 0 Å². The van der Waals surface area contributed by atoms with Crippen molar-refractivity contribution in [2.45, 2.75) is 52.1 Å². The van der Waals surface area contributed by atoms with E-state index in [0.717, 1.165) is 27.6 Å². The summed E-state index contributed by atoms with van der Waals surface area (Å²) in [5, 5.41) is 3.02. The normalized spacial score (nSPS) is 11.6. The molecule has 178 valence electrons. The molecular weight excluding hydrogens is 488 g/mol. The van der Waals surface area contributed by atoms with Gasteiger partial charge in [0, 0.05) is 30.4 Å². The Morgan fingerprint density at radius 1 is 0.882 bits per heavy atom. The van der Waals surface area contributed by atoms with Gasteiger partial charge in [-0.1, -0.05) is 95.1 Å². The molecule has 1 N–H and O–H groups in total. The van der Waals surface area contributed by atoms with Crippen LogP contribution in [0.3, 0.4) is 0 Å². The van der Waals surface area contributed by atoms with E-state index < -0.39 is 6.04 Å². The van der Waals surface area contributed by atoms with E-state index in [1.165, 1.54) is 5.56 Å². The third-order valence-corrected chi connectivity index (χ3v) is 6.36. The molecule has 3 rings (SSSR count). The van der Waals surface area contributed by atoms with Crippen molar-refractivity contribution in [1.29, 1.82) is 0 Å². The number of nitrogens with one attached hydrogen (secondary N) is 1. The lowest BCUT2D eigenvalue weighted by atomic mass is 10.0. The van der Waals surface area contributed by atoms with Crippen molar-refractivity contribution in [3.8, 4) is 0 Å². The van der Waals surface area contributed by atoms with Crippen molar-refractivity contribution in [2.24, 2.45) is 0 Å². The maximum absolute atomic E-state index is 13.6. The fourth-order valence-corrected chi connectivity index (χ4v) is 4.12. The van der Waals surface area contributed by atoms with Crippen molar-refractivity contribution in [1.82, 2.24) is 10.2 Å². The van der Waals surface area contributed by atoms with Crippen molar-refractivity contribution in [2.75, 3.05) is 6.54 Å². The lowest BCUT2D eigenvalue weighted by Crippen LogP contribution is -2.50. The summed E-state index contributed by atoms with van der Waals surface area (Å²) in [6.45, 7) is 5.06. The number of benzene rings is 3. The maximum atomic E-state index is 13.6. The quantitative estimate of drug-likeness (QED) is 0.344. The molecular formula is C29H33BrN2O2. The second-order valence-electron chi connectivity index (χ2n) is 8.63. The van der Waals surface area contributed by atoms with Crippen LogP contribution < -0.4 is 5.32 Å². The number of carbonyl (C=O) groups is 2. The second-order valence-corrected chi connectivity index (χ2v) is 9.55. The molecule has 0 aliphatic carbocycles. The predicted molar refractivity (Wildman–Crippen MR) is 141 cm³/mol. The minimum Gasteiger partial charge on any atom is -0.354 e. The number of nitrogens with zero attached hydrogens (tertiary/aromatic N) is 1. The van der Waals surface area contributed by atoms with Gasteiger partial charge in [0.05, 0.1) is 0 Å². The molecule has 0 fully saturated rings. The molecule has 0 saturated carbocycles. The first kappa shape index (κ1) is 25.7. The first-order chi connectivity index (χ1) is 16.5. The van der Waals surface area contributed by atoms with Crippen LogP contribution in [0.5, 0.6) is 0 Å². The van der Waals surface area contributed by atoms with Crippen molar-refractivity contribution in [3.63, 3.8) is 0 Å². The highest BCUT2D eigenvalue weighted by Crippen LogP contribution is 2.19. The van der Waals surface area contributed by atoms with Crippen LogP contribution in [0.15, 0.2) is 83.3 Å². The zero-order valence-electron chi connectivity index (χ0n) is 20.0. The fraction of sp³-hybridized carbons (Fsp3) is 0.310. The Morgan fingerprint density at radius 3 is 2.18 bits per heavy atom. The van der Waals surface area contributed by atoms with Gasteiger partial charge in [-0.2, -0.15) is 0 Å². The summed E-state index contributed by atoms with van der Waals surface area (Å²) in [6.07, 6.45) is 2.32. The summed E-state index contributed by atoms with van der Waals surface area (Å²) in [7, 11) is 0. The summed E-state index contributed by atoms with van der Waals surface area (Å²) in [5.74, 6) is -0.123. The predicted octanol–water partition coefficient (Wildman–Crippen LogP) is 5.86. The first-order valence-electron chi connectivity index (χ1n) is 11.9. The average Bonchev–Trinajstić information content (AvgIpc) is 2.86. The second kappa shape index (κ2) is 13.1. The Hall–Kier alpha value is -2.92. The first-order valence-corrected chi connectivity index (χ1v) is 12.7. The molecule has 4 nitrogen and oxygen atoms in total. The average molecular weight is 521 g/mol. The topological polar surface area (TPSA) is 49.4 Å². The highest BCUT2D eigenvalue weighted by Gasteiger charge is 2.30. The molecule has 0 spiro atoms. The van der Waals surface area contributed by atoms with Crippen LogP contribution in [0.4, 0.5) is 0 Å². The highest BCUT2D eigenvalue weighted by atomic mass is 79.9. The van der Waals surface area contributed by atoms with E-state index in [0.29, 0.717) is 32.4 Å². The molecule has 0 unspecified atom stereocenters. The van der Waals surface area contributed by atoms with E-state index in [1.54, 1.807) is 4.90 Å². The number of hydrogen-bond acceptors (Lipinski definition) is 2. The molecule has 0 radical (unpaired) electrons. The van der Waals surface area contributed by atoms with Gasteiger partial charge in [0.2, 0.25) is 11.8 Å². The Bertz CT molecular complexity index is 1050. The molecule has 0 aliphatic rings. The van der Waals surface area contributed by atoms with Gasteiger partial charge in [-0.3, -0.25) is 9.59 Å². The standard InChI is InChI=1S/C29H33BrN2O2/c1-3-19-31-29(34)27(20-24-7-5-4-6-8-24)32(21-25-13-16-26(30)17-14-25)28(33)18-15-23-11-9-22(2)10-12-23/h4-14,16-17,27H,3,15,18-21H2,1-2H3,(H,31,34)/t27-/m0/s1. The Morgan fingerprint density at radius 2 is 1.53 bits per heavy atom. The largest absolute Gasteiger partial charge is 0.354 e. The molecule has 3 aromatic rings. The summed E-state index contributed by atoms with van der Waals surface area (Å²) < 4.78 is 0.982. The van der Waals surface area contributed by atoms with E-state index in [4.69, 9.17) is 0 Å². The number of carbonyl (C=O) groups excluding carboxylic acids is 2. The fourth-order valence-electron chi connectivity index (χ4n) is 3.86. The number of rotatable bonds is 11. The third-order valence-electron chi connectivity index (χ3n) is 5.83. The SMILES string of the molecule is CCCNC(=O)[C@H](Cc1ccccc1)N(Cc1ccc(Br)cc1)C(=O)CCc1ccc(C)cc1. The molecule has 5 heteroatoms. The molecule has 0 bridgehead atoms. The van der Waals surface area contributed by atoms with Crippen LogP contribution in [0, 0.1) is 6.92 Å². The Labute approximate surface area is 211 Å². The summed E-state index contributed by atoms with van der Waals surface area (Å²) in [6, 6.07) is 25.5. The molecule has 1 atom stereocenters. The number of aryl methyl sites for hydroxylation is 2. The number of hydrogen-bond donors (Lipinski definition) is 1. The Balaban J connectivity index is 1.87. The van der Waals surface area contributed by atoms with E-state index in [1.807, 2.05) is 61.5 Å². The highest BCUT2D eigenvalue weighted by molar-refractivity contribution is 9.10. The van der Waals surface area contributed by atoms with Gasteiger partial charge in [0.1, 0.15) is 6.04 Å². The van der Waals surface area contributed by atoms with Crippen LogP contribution in [-0.2, 0) is 29.0 Å². The number of amides is 2.